The van der Waals surface area contributed by atoms with Crippen LogP contribution in [0.1, 0.15) is 10.4 Å². The molecule has 0 aliphatic heterocycles. The van der Waals surface area contributed by atoms with Gasteiger partial charge >= 0.3 is 5.97 Å². The molecule has 1 aromatic carbocycles. The Balaban J connectivity index is 2.15. The van der Waals surface area contributed by atoms with Crippen LogP contribution in [0.5, 0.6) is 0 Å². The van der Waals surface area contributed by atoms with E-state index in [0.717, 1.165) is 4.68 Å². The quantitative estimate of drug-likeness (QED) is 0.550. The van der Waals surface area contributed by atoms with E-state index in [1.54, 1.807) is 36.4 Å². The van der Waals surface area contributed by atoms with Gasteiger partial charge in [-0.15, -0.1) is 0 Å². The van der Waals surface area contributed by atoms with E-state index in [0.29, 0.717) is 16.3 Å². The molecule has 1 atom stereocenters. The summed E-state index contributed by atoms with van der Waals surface area (Å²) in [6, 6.07) is 9.47. The number of carbonyl (C=O) groups excluding carboxylic acids is 1. The molecule has 3 rings (SSSR count). The summed E-state index contributed by atoms with van der Waals surface area (Å²) in [5, 5.41) is 25.1. The number of aliphatic carboxylic acids is 1. The normalized spacial score (nSPS) is 11.7. The van der Waals surface area contributed by atoms with Gasteiger partial charge in [0.05, 0.1) is 24.2 Å². The molecule has 2 aromatic heterocycles. The Bertz CT molecular complexity index is 1100. The smallest absolute Gasteiger partial charge is 0.328 e. The van der Waals surface area contributed by atoms with E-state index < -0.39 is 30.1 Å². The lowest BCUT2D eigenvalue weighted by Crippen LogP contribution is -2.45. The van der Waals surface area contributed by atoms with Gasteiger partial charge in [0, 0.05) is 16.8 Å². The minimum Gasteiger partial charge on any atom is -0.480 e. The zero-order valence-corrected chi connectivity index (χ0v) is 15.6. The number of benzene rings is 1. The Morgan fingerprint density at radius 3 is 2.52 bits per heavy atom. The first-order valence-electron chi connectivity index (χ1n) is 8.36. The largest absolute Gasteiger partial charge is 0.480 e. The maximum atomic E-state index is 12.9. The predicted octanol–water partition coefficient (Wildman–Crippen LogP) is 1.12. The van der Waals surface area contributed by atoms with Crippen LogP contribution in [-0.4, -0.2) is 49.5 Å². The third-order valence-corrected chi connectivity index (χ3v) is 4.22. The number of aliphatic hydroxyl groups is 1. The number of nitrogens with zero attached hydrogens (tertiary/aromatic N) is 3. The van der Waals surface area contributed by atoms with Crippen molar-refractivity contribution in [2.24, 2.45) is 0 Å². The second kappa shape index (κ2) is 8.63. The Labute approximate surface area is 169 Å². The summed E-state index contributed by atoms with van der Waals surface area (Å²) >= 11 is 5.91. The standard InChI is InChI=1S/C19H15ClN4O5/c20-12-5-3-11(4-6-12)15-8-14(17(26)22-16(10-25)19(28)29)18(27)24(23-15)13-2-1-7-21-9-13/h1-9,16,25H,10H2,(H,22,26)(H,28,29)/t16-/m1/s1. The molecule has 29 heavy (non-hydrogen) atoms. The summed E-state index contributed by atoms with van der Waals surface area (Å²) in [4.78, 5) is 40.5. The number of hydrogen-bond acceptors (Lipinski definition) is 6. The lowest BCUT2D eigenvalue weighted by Gasteiger charge is -2.13. The molecule has 0 bridgehead atoms. The van der Waals surface area contributed by atoms with Crippen molar-refractivity contribution in [1.29, 1.82) is 0 Å². The fraction of sp³-hybridized carbons (Fsp3) is 0.105. The van der Waals surface area contributed by atoms with Crippen LogP contribution in [0.3, 0.4) is 0 Å². The van der Waals surface area contributed by atoms with E-state index >= 15 is 0 Å². The van der Waals surface area contributed by atoms with E-state index in [9.17, 15) is 14.4 Å². The minimum absolute atomic E-state index is 0.283. The highest BCUT2D eigenvalue weighted by atomic mass is 35.5. The minimum atomic E-state index is -1.55. The number of carboxylic acids is 1. The molecule has 0 saturated carbocycles. The molecule has 0 radical (unpaired) electrons. The lowest BCUT2D eigenvalue weighted by atomic mass is 10.1. The summed E-state index contributed by atoms with van der Waals surface area (Å²) in [6.07, 6.45) is 2.92. The zero-order valence-electron chi connectivity index (χ0n) is 14.8. The highest BCUT2D eigenvalue weighted by Crippen LogP contribution is 2.20. The Kier molecular flexibility index (Phi) is 6.01. The maximum absolute atomic E-state index is 12.9. The summed E-state index contributed by atoms with van der Waals surface area (Å²) in [6.45, 7) is -0.826. The van der Waals surface area contributed by atoms with Gasteiger partial charge in [-0.25, -0.2) is 4.79 Å². The molecule has 3 aromatic rings. The number of rotatable bonds is 6. The van der Waals surface area contributed by atoms with Crippen molar-refractivity contribution < 1.29 is 19.8 Å². The van der Waals surface area contributed by atoms with Crippen molar-refractivity contribution in [1.82, 2.24) is 20.1 Å². The van der Waals surface area contributed by atoms with Gasteiger partial charge in [0.1, 0.15) is 5.56 Å². The Morgan fingerprint density at radius 1 is 1.21 bits per heavy atom. The van der Waals surface area contributed by atoms with Gasteiger partial charge < -0.3 is 15.5 Å². The van der Waals surface area contributed by atoms with Gasteiger partial charge in [-0.1, -0.05) is 23.7 Å². The summed E-state index contributed by atoms with van der Waals surface area (Å²) in [7, 11) is 0. The van der Waals surface area contributed by atoms with Crippen molar-refractivity contribution in [3.8, 4) is 16.9 Å². The van der Waals surface area contributed by atoms with Crippen LogP contribution in [0, 0.1) is 0 Å². The first-order chi connectivity index (χ1) is 13.9. The van der Waals surface area contributed by atoms with Gasteiger partial charge in [-0.05, 0) is 30.3 Å². The number of nitrogens with one attached hydrogen (secondary N) is 1. The zero-order chi connectivity index (χ0) is 21.0. The fourth-order valence-corrected chi connectivity index (χ4v) is 2.62. The molecule has 9 nitrogen and oxygen atoms in total. The SMILES string of the molecule is O=C(N[C@H](CO)C(=O)O)c1cc(-c2ccc(Cl)cc2)nn(-c2cccnc2)c1=O. The van der Waals surface area contributed by atoms with Crippen molar-refractivity contribution in [3.05, 3.63) is 75.8 Å². The number of pyridine rings is 1. The number of hydrogen-bond donors (Lipinski definition) is 3. The van der Waals surface area contributed by atoms with Crippen molar-refractivity contribution in [3.63, 3.8) is 0 Å². The molecule has 0 aliphatic carbocycles. The van der Waals surface area contributed by atoms with Gasteiger partial charge in [-0.2, -0.15) is 9.78 Å². The van der Waals surface area contributed by atoms with E-state index in [-0.39, 0.29) is 11.3 Å². The molecular weight excluding hydrogens is 400 g/mol. The molecule has 148 valence electrons. The van der Waals surface area contributed by atoms with Crippen LogP contribution in [0.25, 0.3) is 16.9 Å². The van der Waals surface area contributed by atoms with Gasteiger partial charge in [0.15, 0.2) is 6.04 Å². The topological polar surface area (TPSA) is 134 Å². The van der Waals surface area contributed by atoms with Gasteiger partial charge in [0.2, 0.25) is 0 Å². The Hall–Kier alpha value is -3.56. The highest BCUT2D eigenvalue weighted by Gasteiger charge is 2.23. The van der Waals surface area contributed by atoms with Crippen LogP contribution in [0.4, 0.5) is 0 Å². The van der Waals surface area contributed by atoms with E-state index in [1.165, 1.54) is 18.5 Å². The van der Waals surface area contributed by atoms with Crippen LogP contribution >= 0.6 is 11.6 Å². The average Bonchev–Trinajstić information content (AvgIpc) is 2.73. The summed E-state index contributed by atoms with van der Waals surface area (Å²) in [5.74, 6) is -2.38. The summed E-state index contributed by atoms with van der Waals surface area (Å²) < 4.78 is 1.00. The first kappa shape index (κ1) is 20.2. The lowest BCUT2D eigenvalue weighted by molar-refractivity contribution is -0.140. The van der Waals surface area contributed by atoms with Crippen LogP contribution in [-0.2, 0) is 4.79 Å². The van der Waals surface area contributed by atoms with Gasteiger partial charge in [-0.3, -0.25) is 14.6 Å². The monoisotopic (exact) mass is 414 g/mol. The molecule has 0 spiro atoms. The first-order valence-corrected chi connectivity index (χ1v) is 8.73. The van der Waals surface area contributed by atoms with Crippen molar-refractivity contribution >= 4 is 23.5 Å². The van der Waals surface area contributed by atoms with E-state index in [2.05, 4.69) is 15.4 Å². The Morgan fingerprint density at radius 2 is 1.93 bits per heavy atom. The van der Waals surface area contributed by atoms with Crippen LogP contribution in [0.2, 0.25) is 5.02 Å². The molecule has 0 aliphatic rings. The molecular formula is C19H15ClN4O5. The summed E-state index contributed by atoms with van der Waals surface area (Å²) in [5.41, 5.74) is 0.0762. The molecule has 3 N–H and O–H groups in total. The number of amides is 1. The van der Waals surface area contributed by atoms with Crippen LogP contribution < -0.4 is 10.9 Å². The van der Waals surface area contributed by atoms with Crippen molar-refractivity contribution in [2.75, 3.05) is 6.61 Å². The number of carbonyl (C=O) groups is 2. The second-order valence-electron chi connectivity index (χ2n) is 5.93. The van der Waals surface area contributed by atoms with Crippen LogP contribution in [0.15, 0.2) is 59.7 Å². The average molecular weight is 415 g/mol. The van der Waals surface area contributed by atoms with E-state index in [1.807, 2.05) is 0 Å². The van der Waals surface area contributed by atoms with Gasteiger partial charge in [0.25, 0.3) is 11.5 Å². The highest BCUT2D eigenvalue weighted by molar-refractivity contribution is 6.30. The number of aliphatic hydroxyl groups excluding tert-OH is 1. The number of carboxylic acid groups (broad SMARTS) is 1. The molecule has 0 fully saturated rings. The van der Waals surface area contributed by atoms with E-state index in [4.69, 9.17) is 21.8 Å². The van der Waals surface area contributed by atoms with Crippen molar-refractivity contribution in [2.45, 2.75) is 6.04 Å². The third kappa shape index (κ3) is 4.48. The number of aromatic nitrogens is 3. The maximum Gasteiger partial charge on any atom is 0.328 e. The molecule has 0 unspecified atom stereocenters. The fourth-order valence-electron chi connectivity index (χ4n) is 2.49. The second-order valence-corrected chi connectivity index (χ2v) is 6.36. The molecule has 0 saturated heterocycles. The number of halogens is 1. The predicted molar refractivity (Wildman–Crippen MR) is 104 cm³/mol. The molecule has 2 heterocycles. The third-order valence-electron chi connectivity index (χ3n) is 3.97. The molecule has 1 amide bonds. The molecule has 10 heteroatoms.